The Hall–Kier alpha value is -3.74. The molecule has 3 rings (SSSR count). The Kier molecular flexibility index (Phi) is 9.30. The van der Waals surface area contributed by atoms with E-state index in [9.17, 15) is 27.6 Å². The number of hydrazone groups is 1. The van der Waals surface area contributed by atoms with Gasteiger partial charge in [-0.2, -0.15) is 18.3 Å². The maximum absolute atomic E-state index is 12.7. The van der Waals surface area contributed by atoms with E-state index >= 15 is 0 Å². The van der Waals surface area contributed by atoms with E-state index < -0.39 is 18.2 Å². The van der Waals surface area contributed by atoms with Crippen molar-refractivity contribution in [1.29, 1.82) is 0 Å². The van der Waals surface area contributed by atoms with E-state index in [0.717, 1.165) is 13.1 Å². The van der Waals surface area contributed by atoms with Crippen molar-refractivity contribution in [2.45, 2.75) is 31.9 Å². The van der Waals surface area contributed by atoms with E-state index in [1.807, 2.05) is 0 Å². The number of allylic oxidation sites excluding steroid dienone is 1. The van der Waals surface area contributed by atoms with Crippen molar-refractivity contribution in [1.82, 2.24) is 10.3 Å². The number of aliphatic carboxylic acids is 1. The molecule has 2 aliphatic rings. The highest BCUT2D eigenvalue weighted by atomic mass is 19.4. The van der Waals surface area contributed by atoms with Crippen LogP contribution in [0.2, 0.25) is 0 Å². The Balaban J connectivity index is 0.000000509. The molecular formula is C21H24F3N5O5. The Morgan fingerprint density at radius 2 is 1.76 bits per heavy atom. The maximum atomic E-state index is 12.7. The number of carboxylic acids is 1. The summed E-state index contributed by atoms with van der Waals surface area (Å²) in [7, 11) is 0. The minimum atomic E-state index is -5.08. The summed E-state index contributed by atoms with van der Waals surface area (Å²) in [6.07, 6.45) is 2.11. The quantitative estimate of drug-likeness (QED) is 0.472. The number of carboxylic acid groups (broad SMARTS) is 1. The Bertz CT molecular complexity index is 1000. The number of fused-ring (bicyclic) bond motifs is 1. The average molecular weight is 483 g/mol. The molecule has 1 saturated heterocycles. The third-order valence-electron chi connectivity index (χ3n) is 4.88. The van der Waals surface area contributed by atoms with Gasteiger partial charge in [-0.15, -0.1) is 0 Å². The number of alkyl halides is 3. The van der Waals surface area contributed by atoms with Crippen molar-refractivity contribution in [3.05, 3.63) is 35.4 Å². The number of hydrogen-bond donors (Lipinski definition) is 4. The molecule has 1 heterocycles. The molecule has 0 aromatic heterocycles. The number of urea groups is 1. The lowest BCUT2D eigenvalue weighted by atomic mass is 9.93. The molecule has 10 nitrogen and oxygen atoms in total. The van der Waals surface area contributed by atoms with Gasteiger partial charge in [0.2, 0.25) is 11.7 Å². The van der Waals surface area contributed by atoms with E-state index in [0.29, 0.717) is 29.8 Å². The zero-order chi connectivity index (χ0) is 25.3. The fourth-order valence-electron chi connectivity index (χ4n) is 3.30. The minimum Gasteiger partial charge on any atom is -0.475 e. The lowest BCUT2D eigenvalue weighted by Gasteiger charge is -2.26. The molecule has 1 aromatic carbocycles. The van der Waals surface area contributed by atoms with Crippen LogP contribution in [0.5, 0.6) is 0 Å². The Morgan fingerprint density at radius 1 is 1.12 bits per heavy atom. The predicted octanol–water partition coefficient (Wildman–Crippen LogP) is 2.37. The number of carbonyl (C=O) groups is 4. The number of piperidine rings is 1. The van der Waals surface area contributed by atoms with Gasteiger partial charge in [0.05, 0.1) is 11.3 Å². The molecule has 0 atom stereocenters. The molecule has 0 spiro atoms. The SMILES string of the molecule is NC(=O)N/N=C1\C=Cc2cccc(NC(=O)CCN3CCCCC3)c2C1=O.O=C(O)C(F)(F)F. The van der Waals surface area contributed by atoms with E-state index in [-0.39, 0.29) is 17.4 Å². The number of nitrogens with one attached hydrogen (secondary N) is 2. The topological polar surface area (TPSA) is 154 Å². The Labute approximate surface area is 192 Å². The molecule has 0 bridgehead atoms. The molecule has 0 unspecified atom stereocenters. The number of carbonyl (C=O) groups excluding carboxylic acids is 3. The number of nitrogens with zero attached hydrogens (tertiary/aromatic N) is 2. The Morgan fingerprint density at radius 3 is 2.35 bits per heavy atom. The molecule has 3 amide bonds. The number of anilines is 1. The second kappa shape index (κ2) is 11.9. The molecule has 1 aliphatic heterocycles. The molecule has 184 valence electrons. The van der Waals surface area contributed by atoms with Crippen molar-refractivity contribution in [3.63, 3.8) is 0 Å². The summed E-state index contributed by atoms with van der Waals surface area (Å²) in [5.74, 6) is -3.27. The second-order valence-electron chi connectivity index (χ2n) is 7.41. The van der Waals surface area contributed by atoms with Gasteiger partial charge < -0.3 is 21.1 Å². The van der Waals surface area contributed by atoms with Crippen LogP contribution >= 0.6 is 0 Å². The molecule has 1 fully saturated rings. The summed E-state index contributed by atoms with van der Waals surface area (Å²) in [4.78, 5) is 47.1. The highest BCUT2D eigenvalue weighted by molar-refractivity contribution is 6.53. The van der Waals surface area contributed by atoms with Gasteiger partial charge in [0, 0.05) is 13.0 Å². The molecule has 0 saturated carbocycles. The van der Waals surface area contributed by atoms with Crippen molar-refractivity contribution < 1.29 is 37.5 Å². The molecular weight excluding hydrogens is 459 g/mol. The van der Waals surface area contributed by atoms with Crippen molar-refractivity contribution in [2.24, 2.45) is 10.8 Å². The van der Waals surface area contributed by atoms with Crippen LogP contribution in [0, 0.1) is 0 Å². The minimum absolute atomic E-state index is 0.0521. The van der Waals surface area contributed by atoms with Gasteiger partial charge in [0.25, 0.3) is 0 Å². The lowest BCUT2D eigenvalue weighted by Crippen LogP contribution is -2.32. The third kappa shape index (κ3) is 7.99. The molecule has 5 N–H and O–H groups in total. The number of hydrogen-bond acceptors (Lipinski definition) is 6. The smallest absolute Gasteiger partial charge is 0.475 e. The van der Waals surface area contributed by atoms with Crippen LogP contribution in [0.1, 0.15) is 41.6 Å². The van der Waals surface area contributed by atoms with E-state index in [1.54, 1.807) is 24.3 Å². The van der Waals surface area contributed by atoms with Crippen LogP contribution in [0.4, 0.5) is 23.7 Å². The summed E-state index contributed by atoms with van der Waals surface area (Å²) in [5, 5.41) is 13.7. The molecule has 1 aromatic rings. The summed E-state index contributed by atoms with van der Waals surface area (Å²) < 4.78 is 31.7. The van der Waals surface area contributed by atoms with Gasteiger partial charge in [-0.25, -0.2) is 15.0 Å². The van der Waals surface area contributed by atoms with Gasteiger partial charge >= 0.3 is 18.2 Å². The average Bonchev–Trinajstić information content (AvgIpc) is 2.78. The van der Waals surface area contributed by atoms with Gasteiger partial charge in [0.1, 0.15) is 5.71 Å². The summed E-state index contributed by atoms with van der Waals surface area (Å²) in [5.41, 5.74) is 8.58. The number of rotatable bonds is 5. The van der Waals surface area contributed by atoms with Crippen LogP contribution in [-0.4, -0.2) is 65.2 Å². The molecule has 13 heteroatoms. The standard InChI is InChI=1S/C19H23N5O3.C2HF3O2/c20-19(27)23-22-15-8-7-13-5-4-6-14(17(13)18(15)26)21-16(25)9-12-24-10-2-1-3-11-24;3-2(4,5)1(6)7/h4-8H,1-3,9-12H2,(H,21,25)(H3,20,23,27);(H,6,7)/b22-15+;. The number of likely N-dealkylation sites (tertiary alicyclic amines) is 1. The fourth-order valence-corrected chi connectivity index (χ4v) is 3.30. The number of nitrogens with two attached hydrogens (primary N) is 1. The summed E-state index contributed by atoms with van der Waals surface area (Å²) in [6, 6.07) is 4.40. The highest BCUT2D eigenvalue weighted by Crippen LogP contribution is 2.26. The second-order valence-corrected chi connectivity index (χ2v) is 7.41. The number of amides is 3. The first-order valence-corrected chi connectivity index (χ1v) is 10.3. The monoisotopic (exact) mass is 483 g/mol. The lowest BCUT2D eigenvalue weighted by molar-refractivity contribution is -0.192. The van der Waals surface area contributed by atoms with Crippen molar-refractivity contribution in [3.8, 4) is 0 Å². The number of benzene rings is 1. The van der Waals surface area contributed by atoms with Crippen molar-refractivity contribution in [2.75, 3.05) is 25.0 Å². The van der Waals surface area contributed by atoms with Gasteiger partial charge in [-0.05, 0) is 43.6 Å². The summed E-state index contributed by atoms with van der Waals surface area (Å²) in [6.45, 7) is 2.78. The zero-order valence-electron chi connectivity index (χ0n) is 18.0. The number of halogens is 3. The first-order chi connectivity index (χ1) is 16.0. The van der Waals surface area contributed by atoms with Gasteiger partial charge in [-0.1, -0.05) is 24.6 Å². The predicted molar refractivity (Wildman–Crippen MR) is 117 cm³/mol. The fraction of sp³-hybridized carbons (Fsp3) is 0.381. The number of Topliss-reactive ketones (excluding diaryl/α,β-unsaturated/α-hetero) is 1. The zero-order valence-corrected chi connectivity index (χ0v) is 18.0. The molecule has 1 aliphatic carbocycles. The maximum Gasteiger partial charge on any atom is 0.490 e. The van der Waals surface area contributed by atoms with Crippen LogP contribution < -0.4 is 16.5 Å². The number of ketones is 1. The van der Waals surface area contributed by atoms with Crippen molar-refractivity contribution >= 4 is 41.2 Å². The van der Waals surface area contributed by atoms with Crippen LogP contribution in [0.25, 0.3) is 6.08 Å². The first kappa shape index (κ1) is 26.5. The molecule has 0 radical (unpaired) electrons. The normalized spacial score (nSPS) is 16.8. The van der Waals surface area contributed by atoms with E-state index in [2.05, 4.69) is 20.7 Å². The third-order valence-corrected chi connectivity index (χ3v) is 4.88. The first-order valence-electron chi connectivity index (χ1n) is 10.3. The summed E-state index contributed by atoms with van der Waals surface area (Å²) >= 11 is 0. The van der Waals surface area contributed by atoms with Crippen LogP contribution in [0.3, 0.4) is 0 Å². The van der Waals surface area contributed by atoms with E-state index in [1.165, 1.54) is 25.3 Å². The van der Waals surface area contributed by atoms with Gasteiger partial charge in [0.15, 0.2) is 0 Å². The largest absolute Gasteiger partial charge is 0.490 e. The molecule has 34 heavy (non-hydrogen) atoms. The van der Waals surface area contributed by atoms with Gasteiger partial charge in [-0.3, -0.25) is 9.59 Å². The van der Waals surface area contributed by atoms with E-state index in [4.69, 9.17) is 15.6 Å². The van der Waals surface area contributed by atoms with Crippen LogP contribution in [0.15, 0.2) is 29.4 Å². The number of primary amides is 1. The highest BCUT2D eigenvalue weighted by Gasteiger charge is 2.38. The van der Waals surface area contributed by atoms with Crippen LogP contribution in [-0.2, 0) is 9.59 Å².